The average Bonchev–Trinajstić information content (AvgIpc) is 2.98. The zero-order valence-corrected chi connectivity index (χ0v) is 17.9. The molecule has 2 atom stereocenters. The highest BCUT2D eigenvalue weighted by molar-refractivity contribution is 14.0. The van der Waals surface area contributed by atoms with Gasteiger partial charge in [0.1, 0.15) is 0 Å². The third kappa shape index (κ3) is 6.23. The SMILES string of the molecule is CCNC(=NCC1CCCN(C)C1c1cccs1)NC(C)C.I. The summed E-state index contributed by atoms with van der Waals surface area (Å²) in [4.78, 5) is 8.82. The molecule has 1 aromatic rings. The molecule has 2 N–H and O–H groups in total. The molecular weight excluding hydrogens is 419 g/mol. The summed E-state index contributed by atoms with van der Waals surface area (Å²) in [5.74, 6) is 1.54. The van der Waals surface area contributed by atoms with Crippen molar-refractivity contribution in [2.24, 2.45) is 10.9 Å². The molecule has 4 nitrogen and oxygen atoms in total. The molecule has 0 aliphatic carbocycles. The maximum atomic E-state index is 4.84. The number of nitrogens with one attached hydrogen (secondary N) is 2. The Labute approximate surface area is 162 Å². The monoisotopic (exact) mass is 450 g/mol. The summed E-state index contributed by atoms with van der Waals surface area (Å²) in [6.45, 7) is 9.38. The van der Waals surface area contributed by atoms with Crippen LogP contribution in [0.5, 0.6) is 0 Å². The van der Waals surface area contributed by atoms with E-state index in [2.05, 4.69) is 60.9 Å². The van der Waals surface area contributed by atoms with Crippen LogP contribution in [0.1, 0.15) is 44.5 Å². The predicted octanol–water partition coefficient (Wildman–Crippen LogP) is 3.71. The Balaban J connectivity index is 0.00000264. The molecule has 0 amide bonds. The minimum atomic E-state index is 0. The van der Waals surface area contributed by atoms with Crippen LogP contribution < -0.4 is 10.6 Å². The van der Waals surface area contributed by atoms with Crippen LogP contribution in [-0.4, -0.2) is 43.6 Å². The molecule has 1 fully saturated rings. The van der Waals surface area contributed by atoms with Crippen LogP contribution in [0.4, 0.5) is 0 Å². The summed E-state index contributed by atoms with van der Waals surface area (Å²) in [5, 5.41) is 8.93. The quantitative estimate of drug-likeness (QED) is 0.408. The largest absolute Gasteiger partial charge is 0.357 e. The number of likely N-dealkylation sites (tertiary alicyclic amines) is 1. The molecule has 2 heterocycles. The number of aliphatic imine (C=N–C) groups is 1. The third-order valence-corrected chi connectivity index (χ3v) is 5.04. The van der Waals surface area contributed by atoms with Crippen molar-refractivity contribution in [3.8, 4) is 0 Å². The Kier molecular flexibility index (Phi) is 9.46. The summed E-state index contributed by atoms with van der Waals surface area (Å²) >= 11 is 1.87. The van der Waals surface area contributed by atoms with E-state index >= 15 is 0 Å². The molecule has 23 heavy (non-hydrogen) atoms. The molecule has 1 aromatic heterocycles. The lowest BCUT2D eigenvalue weighted by molar-refractivity contribution is 0.128. The van der Waals surface area contributed by atoms with Crippen molar-refractivity contribution in [2.45, 2.75) is 45.7 Å². The zero-order chi connectivity index (χ0) is 15.9. The second kappa shape index (κ2) is 10.5. The normalized spacial score (nSPS) is 22.7. The van der Waals surface area contributed by atoms with Gasteiger partial charge in [-0.25, -0.2) is 0 Å². The first-order chi connectivity index (χ1) is 10.6. The summed E-state index contributed by atoms with van der Waals surface area (Å²) < 4.78 is 0. The van der Waals surface area contributed by atoms with E-state index in [4.69, 9.17) is 4.99 Å². The number of halogens is 1. The van der Waals surface area contributed by atoms with Crippen molar-refractivity contribution >= 4 is 41.3 Å². The van der Waals surface area contributed by atoms with Gasteiger partial charge in [-0.15, -0.1) is 35.3 Å². The van der Waals surface area contributed by atoms with E-state index in [9.17, 15) is 0 Å². The minimum Gasteiger partial charge on any atom is -0.357 e. The van der Waals surface area contributed by atoms with Crippen molar-refractivity contribution in [3.63, 3.8) is 0 Å². The number of hydrogen-bond donors (Lipinski definition) is 2. The smallest absolute Gasteiger partial charge is 0.191 e. The first kappa shape index (κ1) is 20.7. The first-order valence-corrected chi connectivity index (χ1v) is 9.28. The fraction of sp³-hybridized carbons (Fsp3) is 0.706. The summed E-state index contributed by atoms with van der Waals surface area (Å²) in [5.41, 5.74) is 0. The second-order valence-corrected chi connectivity index (χ2v) is 7.34. The van der Waals surface area contributed by atoms with Gasteiger partial charge in [0, 0.05) is 30.1 Å². The van der Waals surface area contributed by atoms with Gasteiger partial charge >= 0.3 is 0 Å². The molecular formula is C17H31IN4S. The van der Waals surface area contributed by atoms with Gasteiger partial charge < -0.3 is 10.6 Å². The molecule has 0 bridgehead atoms. The fourth-order valence-electron chi connectivity index (χ4n) is 3.16. The van der Waals surface area contributed by atoms with Crippen molar-refractivity contribution in [2.75, 3.05) is 26.7 Å². The average molecular weight is 450 g/mol. The van der Waals surface area contributed by atoms with Crippen LogP contribution in [0.15, 0.2) is 22.5 Å². The highest BCUT2D eigenvalue weighted by Gasteiger charge is 2.31. The van der Waals surface area contributed by atoms with Crippen LogP contribution in [0.2, 0.25) is 0 Å². The van der Waals surface area contributed by atoms with Gasteiger partial charge in [0.25, 0.3) is 0 Å². The summed E-state index contributed by atoms with van der Waals surface area (Å²) in [7, 11) is 2.25. The number of rotatable bonds is 5. The van der Waals surface area contributed by atoms with E-state index in [1.54, 1.807) is 0 Å². The van der Waals surface area contributed by atoms with Gasteiger partial charge in [0.15, 0.2) is 5.96 Å². The molecule has 1 aliphatic heterocycles. The topological polar surface area (TPSA) is 39.7 Å². The lowest BCUT2D eigenvalue weighted by atomic mass is 9.88. The molecule has 1 aliphatic rings. The lowest BCUT2D eigenvalue weighted by Crippen LogP contribution is -2.42. The predicted molar refractivity (Wildman–Crippen MR) is 112 cm³/mol. The van der Waals surface area contributed by atoms with E-state index in [0.717, 1.165) is 19.0 Å². The molecule has 0 radical (unpaired) electrons. The number of thiophene rings is 1. The fourth-order valence-corrected chi connectivity index (χ4v) is 4.15. The Morgan fingerprint density at radius 3 is 2.87 bits per heavy atom. The number of guanidine groups is 1. The van der Waals surface area contributed by atoms with E-state index in [-0.39, 0.29) is 24.0 Å². The Morgan fingerprint density at radius 1 is 1.48 bits per heavy atom. The van der Waals surface area contributed by atoms with Gasteiger partial charge in [0.2, 0.25) is 0 Å². The van der Waals surface area contributed by atoms with Crippen LogP contribution in [-0.2, 0) is 0 Å². The van der Waals surface area contributed by atoms with Gasteiger partial charge in [-0.3, -0.25) is 9.89 Å². The molecule has 0 aromatic carbocycles. The van der Waals surface area contributed by atoms with Crippen molar-refractivity contribution in [1.29, 1.82) is 0 Å². The second-order valence-electron chi connectivity index (χ2n) is 6.36. The first-order valence-electron chi connectivity index (χ1n) is 8.40. The maximum Gasteiger partial charge on any atom is 0.191 e. The highest BCUT2D eigenvalue weighted by Crippen LogP contribution is 2.37. The minimum absolute atomic E-state index is 0. The molecule has 2 unspecified atom stereocenters. The molecule has 1 saturated heterocycles. The van der Waals surface area contributed by atoms with E-state index in [1.165, 1.54) is 24.3 Å². The van der Waals surface area contributed by atoms with E-state index < -0.39 is 0 Å². The van der Waals surface area contributed by atoms with Crippen LogP contribution >= 0.6 is 35.3 Å². The molecule has 6 heteroatoms. The number of hydrogen-bond acceptors (Lipinski definition) is 3. The Morgan fingerprint density at radius 2 is 2.26 bits per heavy atom. The maximum absolute atomic E-state index is 4.84. The standard InChI is InChI=1S/C17H30N4S.HI/c1-5-18-17(20-13(2)3)19-12-14-8-6-10-21(4)16(14)15-9-7-11-22-15;/h7,9,11,13-14,16H,5-6,8,10,12H2,1-4H3,(H2,18,19,20);1H. The van der Waals surface area contributed by atoms with E-state index in [0.29, 0.717) is 18.0 Å². The van der Waals surface area contributed by atoms with Crippen LogP contribution in [0.25, 0.3) is 0 Å². The third-order valence-electron chi connectivity index (χ3n) is 4.10. The van der Waals surface area contributed by atoms with Crippen LogP contribution in [0, 0.1) is 5.92 Å². The van der Waals surface area contributed by atoms with E-state index in [1.807, 2.05) is 11.3 Å². The highest BCUT2D eigenvalue weighted by atomic mass is 127. The molecule has 0 saturated carbocycles. The van der Waals surface area contributed by atoms with Crippen LogP contribution in [0.3, 0.4) is 0 Å². The molecule has 132 valence electrons. The van der Waals surface area contributed by atoms with Crippen molar-refractivity contribution < 1.29 is 0 Å². The lowest BCUT2D eigenvalue weighted by Gasteiger charge is -2.38. The van der Waals surface area contributed by atoms with Gasteiger partial charge in [-0.1, -0.05) is 6.07 Å². The van der Waals surface area contributed by atoms with Crippen molar-refractivity contribution in [1.82, 2.24) is 15.5 Å². The summed E-state index contributed by atoms with van der Waals surface area (Å²) in [6, 6.07) is 5.35. The van der Waals surface area contributed by atoms with Gasteiger partial charge in [-0.2, -0.15) is 0 Å². The summed E-state index contributed by atoms with van der Waals surface area (Å²) in [6.07, 6.45) is 2.53. The molecule has 0 spiro atoms. The van der Waals surface area contributed by atoms with Crippen molar-refractivity contribution in [3.05, 3.63) is 22.4 Å². The Hall–Kier alpha value is -0.340. The zero-order valence-electron chi connectivity index (χ0n) is 14.7. The number of piperidine rings is 1. The number of nitrogens with zero attached hydrogens (tertiary/aromatic N) is 2. The van der Waals surface area contributed by atoms with Gasteiger partial charge in [0.05, 0.1) is 0 Å². The van der Waals surface area contributed by atoms with Gasteiger partial charge in [-0.05, 0) is 64.6 Å². The Bertz CT molecular complexity index is 461. The molecule has 2 rings (SSSR count).